The minimum absolute atomic E-state index is 0.629. The van der Waals surface area contributed by atoms with E-state index in [2.05, 4.69) is 20.3 Å². The number of aromatic nitrogens is 3. The van der Waals surface area contributed by atoms with Gasteiger partial charge >= 0.3 is 0 Å². The van der Waals surface area contributed by atoms with Gasteiger partial charge in [0.05, 0.1) is 6.61 Å². The highest BCUT2D eigenvalue weighted by Gasteiger charge is 2.11. The van der Waals surface area contributed by atoms with Crippen LogP contribution in [0.15, 0.2) is 48.8 Å². The maximum absolute atomic E-state index is 6.05. The van der Waals surface area contributed by atoms with Crippen molar-refractivity contribution >= 4 is 45.0 Å². The molecule has 4 rings (SSSR count). The number of H-pyrrole nitrogens is 1. The number of nitrogens with one attached hydrogen (secondary N) is 2. The van der Waals surface area contributed by atoms with Crippen molar-refractivity contribution in [1.29, 1.82) is 0 Å². The van der Waals surface area contributed by atoms with Crippen LogP contribution in [0.3, 0.4) is 0 Å². The van der Waals surface area contributed by atoms with E-state index in [-0.39, 0.29) is 0 Å². The zero-order chi connectivity index (χ0) is 16.5. The van der Waals surface area contributed by atoms with Gasteiger partial charge in [0.1, 0.15) is 23.1 Å². The highest BCUT2D eigenvalue weighted by atomic mass is 35.5. The second-order valence-corrected chi connectivity index (χ2v) is 5.78. The molecule has 4 aromatic rings. The average molecular weight is 339 g/mol. The molecule has 0 aliphatic carbocycles. The first-order chi connectivity index (χ1) is 11.7. The van der Waals surface area contributed by atoms with Crippen LogP contribution in [0, 0.1) is 0 Å². The molecule has 0 aliphatic heterocycles. The molecular formula is C18H15ClN4O. The molecule has 2 aromatic carbocycles. The normalized spacial score (nSPS) is 11.1. The lowest BCUT2D eigenvalue weighted by atomic mass is 10.2. The average Bonchev–Trinajstić information content (AvgIpc) is 2.95. The molecule has 0 unspecified atom stereocenters. The number of anilines is 2. The number of rotatable bonds is 4. The Morgan fingerprint density at radius 2 is 2.08 bits per heavy atom. The standard InChI is InChI=1S/C18H15ClN4O/c1-2-24-13-6-7-15-14(9-13)16-17(23-15)18(21-10-20-16)22-12-5-3-4-11(19)8-12/h3-10,23H,2H2,1H3,(H,20,21,22). The third-order valence-electron chi connectivity index (χ3n) is 3.75. The van der Waals surface area contributed by atoms with Crippen LogP contribution in [0.5, 0.6) is 5.75 Å². The van der Waals surface area contributed by atoms with Crippen molar-refractivity contribution < 1.29 is 4.74 Å². The summed E-state index contributed by atoms with van der Waals surface area (Å²) in [5.74, 6) is 1.53. The summed E-state index contributed by atoms with van der Waals surface area (Å²) in [6.45, 7) is 2.60. The topological polar surface area (TPSA) is 62.8 Å². The van der Waals surface area contributed by atoms with E-state index < -0.39 is 0 Å². The Labute approximate surface area is 143 Å². The number of nitrogens with zero attached hydrogens (tertiary/aromatic N) is 2. The Morgan fingerprint density at radius 1 is 1.17 bits per heavy atom. The second kappa shape index (κ2) is 6.02. The lowest BCUT2D eigenvalue weighted by molar-refractivity contribution is 0.341. The minimum atomic E-state index is 0.629. The van der Waals surface area contributed by atoms with E-state index in [0.717, 1.165) is 33.4 Å². The first-order valence-electron chi connectivity index (χ1n) is 7.66. The lowest BCUT2D eigenvalue weighted by Crippen LogP contribution is -1.95. The molecule has 0 radical (unpaired) electrons. The van der Waals surface area contributed by atoms with Crippen LogP contribution in [0.1, 0.15) is 6.92 Å². The monoisotopic (exact) mass is 338 g/mol. The van der Waals surface area contributed by atoms with Crippen LogP contribution in [0.25, 0.3) is 21.9 Å². The van der Waals surface area contributed by atoms with Crippen LogP contribution in [-0.4, -0.2) is 21.6 Å². The van der Waals surface area contributed by atoms with Gasteiger partial charge in [-0.25, -0.2) is 9.97 Å². The number of fused-ring (bicyclic) bond motifs is 3. The van der Waals surface area contributed by atoms with E-state index in [1.807, 2.05) is 49.4 Å². The molecule has 0 atom stereocenters. The van der Waals surface area contributed by atoms with E-state index in [4.69, 9.17) is 16.3 Å². The summed E-state index contributed by atoms with van der Waals surface area (Å²) in [7, 11) is 0. The number of ether oxygens (including phenoxy) is 1. The Kier molecular flexibility index (Phi) is 3.70. The Hall–Kier alpha value is -2.79. The van der Waals surface area contributed by atoms with E-state index in [1.54, 1.807) is 6.33 Å². The number of hydrogen-bond acceptors (Lipinski definition) is 4. The first kappa shape index (κ1) is 14.8. The predicted octanol–water partition coefficient (Wildman–Crippen LogP) is 4.91. The van der Waals surface area contributed by atoms with Gasteiger partial charge in [-0.05, 0) is 43.3 Å². The minimum Gasteiger partial charge on any atom is -0.494 e. The zero-order valence-electron chi connectivity index (χ0n) is 13.0. The molecule has 2 heterocycles. The zero-order valence-corrected chi connectivity index (χ0v) is 13.8. The quantitative estimate of drug-likeness (QED) is 0.555. The number of aromatic amines is 1. The fraction of sp³-hybridized carbons (Fsp3) is 0.111. The Bertz CT molecular complexity index is 1030. The van der Waals surface area contributed by atoms with Crippen LogP contribution in [-0.2, 0) is 0 Å². The lowest BCUT2D eigenvalue weighted by Gasteiger charge is -2.06. The van der Waals surface area contributed by atoms with Gasteiger partial charge in [-0.15, -0.1) is 0 Å². The molecular weight excluding hydrogens is 324 g/mol. The van der Waals surface area contributed by atoms with Gasteiger partial charge in [0, 0.05) is 21.6 Å². The van der Waals surface area contributed by atoms with Gasteiger partial charge in [0.2, 0.25) is 0 Å². The molecule has 6 heteroatoms. The van der Waals surface area contributed by atoms with Gasteiger partial charge in [0.25, 0.3) is 0 Å². The molecule has 0 aliphatic rings. The van der Waals surface area contributed by atoms with Crippen molar-refractivity contribution in [1.82, 2.24) is 15.0 Å². The molecule has 0 amide bonds. The molecule has 2 aromatic heterocycles. The van der Waals surface area contributed by atoms with E-state index in [9.17, 15) is 0 Å². The van der Waals surface area contributed by atoms with E-state index >= 15 is 0 Å². The number of benzene rings is 2. The van der Waals surface area contributed by atoms with Gasteiger partial charge in [-0.1, -0.05) is 17.7 Å². The summed E-state index contributed by atoms with van der Waals surface area (Å²) in [4.78, 5) is 12.2. The first-order valence-corrected chi connectivity index (χ1v) is 8.04. The molecule has 0 saturated carbocycles. The third-order valence-corrected chi connectivity index (χ3v) is 3.99. The highest BCUT2D eigenvalue weighted by molar-refractivity contribution is 6.30. The molecule has 5 nitrogen and oxygen atoms in total. The molecule has 2 N–H and O–H groups in total. The van der Waals surface area contributed by atoms with Crippen LogP contribution < -0.4 is 10.1 Å². The van der Waals surface area contributed by atoms with Crippen molar-refractivity contribution in [2.45, 2.75) is 6.92 Å². The van der Waals surface area contributed by atoms with Crippen molar-refractivity contribution in [3.8, 4) is 5.75 Å². The summed E-state index contributed by atoms with van der Waals surface area (Å²) in [6.07, 6.45) is 1.55. The van der Waals surface area contributed by atoms with Crippen LogP contribution in [0.4, 0.5) is 11.5 Å². The molecule has 0 spiro atoms. The Morgan fingerprint density at radius 3 is 2.92 bits per heavy atom. The summed E-state index contributed by atoms with van der Waals surface area (Å²) < 4.78 is 5.58. The van der Waals surface area contributed by atoms with Crippen molar-refractivity contribution in [3.63, 3.8) is 0 Å². The van der Waals surface area contributed by atoms with E-state index in [1.165, 1.54) is 0 Å². The molecule has 0 bridgehead atoms. The van der Waals surface area contributed by atoms with E-state index in [0.29, 0.717) is 17.4 Å². The van der Waals surface area contributed by atoms with Gasteiger partial charge in [-0.3, -0.25) is 0 Å². The fourth-order valence-electron chi connectivity index (χ4n) is 2.73. The molecule has 0 fully saturated rings. The maximum atomic E-state index is 6.05. The molecule has 24 heavy (non-hydrogen) atoms. The van der Waals surface area contributed by atoms with Gasteiger partial charge in [0.15, 0.2) is 5.82 Å². The SMILES string of the molecule is CCOc1ccc2[nH]c3c(Nc4cccc(Cl)c4)ncnc3c2c1. The predicted molar refractivity (Wildman–Crippen MR) is 97.3 cm³/mol. The summed E-state index contributed by atoms with van der Waals surface area (Å²) >= 11 is 6.05. The van der Waals surface area contributed by atoms with Crippen LogP contribution >= 0.6 is 11.6 Å². The summed E-state index contributed by atoms with van der Waals surface area (Å²) in [5, 5.41) is 4.97. The molecule has 0 saturated heterocycles. The summed E-state index contributed by atoms with van der Waals surface area (Å²) in [5.41, 5.74) is 3.56. The summed E-state index contributed by atoms with van der Waals surface area (Å²) in [6, 6.07) is 13.4. The fourth-order valence-corrected chi connectivity index (χ4v) is 2.92. The smallest absolute Gasteiger partial charge is 0.158 e. The van der Waals surface area contributed by atoms with Crippen LogP contribution in [0.2, 0.25) is 5.02 Å². The second-order valence-electron chi connectivity index (χ2n) is 5.35. The largest absolute Gasteiger partial charge is 0.494 e. The number of hydrogen-bond donors (Lipinski definition) is 2. The van der Waals surface area contributed by atoms with Crippen molar-refractivity contribution in [2.75, 3.05) is 11.9 Å². The van der Waals surface area contributed by atoms with Gasteiger partial charge in [-0.2, -0.15) is 0 Å². The van der Waals surface area contributed by atoms with Gasteiger partial charge < -0.3 is 15.0 Å². The molecule has 120 valence electrons. The number of halogens is 1. The maximum Gasteiger partial charge on any atom is 0.158 e. The Balaban J connectivity index is 1.83. The highest BCUT2D eigenvalue weighted by Crippen LogP contribution is 2.31. The van der Waals surface area contributed by atoms with Crippen molar-refractivity contribution in [3.05, 3.63) is 53.8 Å². The third kappa shape index (κ3) is 2.63. The van der Waals surface area contributed by atoms with Crippen molar-refractivity contribution in [2.24, 2.45) is 0 Å².